The summed E-state index contributed by atoms with van der Waals surface area (Å²) in [6.07, 6.45) is 0.817. The lowest BCUT2D eigenvalue weighted by Crippen LogP contribution is -2.24. The van der Waals surface area contributed by atoms with Crippen LogP contribution in [0.15, 0.2) is 22.7 Å². The zero-order valence-electron chi connectivity index (χ0n) is 9.62. The molecule has 0 unspecified atom stereocenters. The van der Waals surface area contributed by atoms with Gasteiger partial charge in [0.1, 0.15) is 0 Å². The summed E-state index contributed by atoms with van der Waals surface area (Å²) >= 11 is 3.44. The summed E-state index contributed by atoms with van der Waals surface area (Å²) in [5.41, 5.74) is 7.77. The van der Waals surface area contributed by atoms with Gasteiger partial charge in [-0.25, -0.2) is 0 Å². The van der Waals surface area contributed by atoms with Crippen molar-refractivity contribution in [2.75, 3.05) is 25.4 Å². The molecule has 0 radical (unpaired) electrons. The summed E-state index contributed by atoms with van der Waals surface area (Å²) in [5.74, 6) is 0. The first-order valence-corrected chi connectivity index (χ1v) is 6.33. The summed E-state index contributed by atoms with van der Waals surface area (Å²) in [6.45, 7) is 5.14. The summed E-state index contributed by atoms with van der Waals surface area (Å²) in [7, 11) is 0. The number of aliphatic hydroxyl groups excluding tert-OH is 1. The van der Waals surface area contributed by atoms with Gasteiger partial charge in [0.15, 0.2) is 0 Å². The fraction of sp³-hybridized carbons (Fsp3) is 0.500. The zero-order chi connectivity index (χ0) is 12.0. The van der Waals surface area contributed by atoms with E-state index >= 15 is 0 Å². The second kappa shape index (κ2) is 6.89. The number of rotatable bonds is 6. The molecule has 0 saturated heterocycles. The van der Waals surface area contributed by atoms with E-state index in [0.29, 0.717) is 0 Å². The molecule has 0 atom stereocenters. The molecule has 0 aromatic heterocycles. The predicted molar refractivity (Wildman–Crippen MR) is 71.2 cm³/mol. The van der Waals surface area contributed by atoms with Crippen molar-refractivity contribution in [2.24, 2.45) is 0 Å². The normalized spacial score (nSPS) is 11.0. The van der Waals surface area contributed by atoms with Crippen molar-refractivity contribution in [2.45, 2.75) is 19.9 Å². The van der Waals surface area contributed by atoms with Crippen LogP contribution in [0.2, 0.25) is 0 Å². The van der Waals surface area contributed by atoms with Gasteiger partial charge in [-0.1, -0.05) is 22.9 Å². The van der Waals surface area contributed by atoms with E-state index in [1.54, 1.807) is 0 Å². The third-order valence-electron chi connectivity index (χ3n) is 2.47. The van der Waals surface area contributed by atoms with Crippen molar-refractivity contribution in [1.29, 1.82) is 0 Å². The van der Waals surface area contributed by atoms with E-state index in [0.717, 1.165) is 36.2 Å². The van der Waals surface area contributed by atoms with Crippen molar-refractivity contribution in [3.05, 3.63) is 28.2 Å². The highest BCUT2D eigenvalue weighted by atomic mass is 79.9. The third-order valence-corrected chi connectivity index (χ3v) is 2.92. The lowest BCUT2D eigenvalue weighted by molar-refractivity contribution is 0.225. The molecular formula is C12H19BrN2O. The molecule has 0 fully saturated rings. The Balaban J connectivity index is 2.62. The molecule has 0 amide bonds. The minimum atomic E-state index is 0.247. The zero-order valence-corrected chi connectivity index (χ0v) is 11.2. The Morgan fingerprint density at radius 3 is 2.69 bits per heavy atom. The minimum Gasteiger partial charge on any atom is -0.399 e. The number of hydrogen-bond acceptors (Lipinski definition) is 3. The third kappa shape index (κ3) is 4.51. The lowest BCUT2D eigenvalue weighted by atomic mass is 10.2. The summed E-state index contributed by atoms with van der Waals surface area (Å²) in [4.78, 5) is 2.29. The molecule has 1 aromatic carbocycles. The molecule has 1 aromatic rings. The fourth-order valence-corrected chi connectivity index (χ4v) is 2.23. The Hall–Kier alpha value is -0.580. The van der Waals surface area contributed by atoms with Crippen LogP contribution < -0.4 is 5.73 Å². The lowest BCUT2D eigenvalue weighted by Gasteiger charge is -2.20. The van der Waals surface area contributed by atoms with Crippen molar-refractivity contribution in [3.63, 3.8) is 0 Å². The van der Waals surface area contributed by atoms with E-state index in [4.69, 9.17) is 10.8 Å². The van der Waals surface area contributed by atoms with Crippen LogP contribution in [-0.2, 0) is 6.54 Å². The first kappa shape index (κ1) is 13.5. The molecule has 3 nitrogen and oxygen atoms in total. The van der Waals surface area contributed by atoms with E-state index in [-0.39, 0.29) is 6.61 Å². The monoisotopic (exact) mass is 286 g/mol. The van der Waals surface area contributed by atoms with Crippen LogP contribution in [0.4, 0.5) is 5.69 Å². The number of halogens is 1. The van der Waals surface area contributed by atoms with Crippen LogP contribution in [0.1, 0.15) is 18.9 Å². The van der Waals surface area contributed by atoms with Gasteiger partial charge in [0.25, 0.3) is 0 Å². The molecule has 90 valence electrons. The minimum absolute atomic E-state index is 0.247. The van der Waals surface area contributed by atoms with Crippen molar-refractivity contribution >= 4 is 21.6 Å². The molecule has 0 aliphatic heterocycles. The van der Waals surface area contributed by atoms with Gasteiger partial charge in [0.2, 0.25) is 0 Å². The maximum Gasteiger partial charge on any atom is 0.0443 e. The maximum atomic E-state index is 8.81. The highest BCUT2D eigenvalue weighted by molar-refractivity contribution is 9.10. The maximum absolute atomic E-state index is 8.81. The van der Waals surface area contributed by atoms with Gasteiger partial charge in [-0.3, -0.25) is 4.90 Å². The van der Waals surface area contributed by atoms with E-state index in [1.807, 2.05) is 12.1 Å². The smallest absolute Gasteiger partial charge is 0.0443 e. The van der Waals surface area contributed by atoms with Gasteiger partial charge < -0.3 is 10.8 Å². The van der Waals surface area contributed by atoms with Gasteiger partial charge in [-0.2, -0.15) is 0 Å². The standard InChI is InChI=1S/C12H19BrN2O/c1-2-15(4-3-5-16)9-10-6-11(13)8-12(14)7-10/h6-8,16H,2-5,9,14H2,1H3. The van der Waals surface area contributed by atoms with Crippen molar-refractivity contribution in [1.82, 2.24) is 4.90 Å². The summed E-state index contributed by atoms with van der Waals surface area (Å²) in [5, 5.41) is 8.81. The van der Waals surface area contributed by atoms with E-state index in [1.165, 1.54) is 5.56 Å². The Kier molecular flexibility index (Phi) is 5.80. The van der Waals surface area contributed by atoms with E-state index in [2.05, 4.69) is 33.8 Å². The van der Waals surface area contributed by atoms with Gasteiger partial charge in [0.05, 0.1) is 0 Å². The van der Waals surface area contributed by atoms with Gasteiger partial charge in [-0.05, 0) is 36.7 Å². The molecule has 0 spiro atoms. The number of nitrogens with zero attached hydrogens (tertiary/aromatic N) is 1. The topological polar surface area (TPSA) is 49.5 Å². The van der Waals surface area contributed by atoms with Crippen LogP contribution >= 0.6 is 15.9 Å². The number of hydrogen-bond donors (Lipinski definition) is 2. The van der Waals surface area contributed by atoms with Crippen LogP contribution in [0.25, 0.3) is 0 Å². The number of nitrogen functional groups attached to an aromatic ring is 1. The highest BCUT2D eigenvalue weighted by Crippen LogP contribution is 2.18. The van der Waals surface area contributed by atoms with Gasteiger partial charge >= 0.3 is 0 Å². The van der Waals surface area contributed by atoms with Gasteiger partial charge in [0, 0.05) is 29.9 Å². The van der Waals surface area contributed by atoms with Crippen molar-refractivity contribution < 1.29 is 5.11 Å². The Morgan fingerprint density at radius 2 is 2.12 bits per heavy atom. The Bertz CT molecular complexity index is 311. The number of anilines is 1. The molecular weight excluding hydrogens is 268 g/mol. The van der Waals surface area contributed by atoms with Crippen molar-refractivity contribution in [3.8, 4) is 0 Å². The summed E-state index contributed by atoms with van der Waals surface area (Å²) in [6, 6.07) is 5.97. The average molecular weight is 287 g/mol. The molecule has 1 rings (SSSR count). The average Bonchev–Trinajstić information content (AvgIpc) is 2.22. The SMILES string of the molecule is CCN(CCCO)Cc1cc(N)cc(Br)c1. The molecule has 0 bridgehead atoms. The number of nitrogens with two attached hydrogens (primary N) is 1. The summed E-state index contributed by atoms with van der Waals surface area (Å²) < 4.78 is 1.01. The van der Waals surface area contributed by atoms with E-state index < -0.39 is 0 Å². The molecule has 3 N–H and O–H groups in total. The van der Waals surface area contributed by atoms with E-state index in [9.17, 15) is 0 Å². The Morgan fingerprint density at radius 1 is 1.38 bits per heavy atom. The molecule has 4 heteroatoms. The number of benzene rings is 1. The molecule has 0 heterocycles. The number of aliphatic hydroxyl groups is 1. The predicted octanol–water partition coefficient (Wildman–Crippen LogP) is 2.24. The van der Waals surface area contributed by atoms with Crippen LogP contribution in [0, 0.1) is 0 Å². The molecule has 0 aliphatic carbocycles. The fourth-order valence-electron chi connectivity index (χ4n) is 1.67. The first-order valence-electron chi connectivity index (χ1n) is 5.54. The first-order chi connectivity index (χ1) is 7.65. The van der Waals surface area contributed by atoms with Crippen LogP contribution in [0.5, 0.6) is 0 Å². The molecule has 16 heavy (non-hydrogen) atoms. The van der Waals surface area contributed by atoms with Crippen LogP contribution in [0.3, 0.4) is 0 Å². The highest BCUT2D eigenvalue weighted by Gasteiger charge is 2.04. The molecule has 0 saturated carbocycles. The second-order valence-corrected chi connectivity index (χ2v) is 4.75. The Labute approximate surface area is 105 Å². The van der Waals surface area contributed by atoms with Gasteiger partial charge in [-0.15, -0.1) is 0 Å². The second-order valence-electron chi connectivity index (χ2n) is 3.84. The van der Waals surface area contributed by atoms with Crippen LogP contribution in [-0.4, -0.2) is 29.7 Å². The quantitative estimate of drug-likeness (QED) is 0.789. The molecule has 0 aliphatic rings. The largest absolute Gasteiger partial charge is 0.399 e.